The predicted octanol–water partition coefficient (Wildman–Crippen LogP) is 7.68. The average Bonchev–Trinajstić information content (AvgIpc) is 3.20. The second-order valence-corrected chi connectivity index (χ2v) is 11.9. The van der Waals surface area contributed by atoms with Gasteiger partial charge in [-0.05, 0) is 49.1 Å². The number of thiocarbonyl (C=S) groups is 1. The first-order valence-electron chi connectivity index (χ1n) is 13.2. The molecule has 0 N–H and O–H groups in total. The summed E-state index contributed by atoms with van der Waals surface area (Å²) in [6.07, 6.45) is 6.72. The lowest BCUT2D eigenvalue weighted by Gasteiger charge is -2.35. The van der Waals surface area contributed by atoms with E-state index in [4.69, 9.17) is 24.8 Å². The van der Waals surface area contributed by atoms with Crippen LogP contribution in [0.5, 0.6) is 0 Å². The molecule has 0 bridgehead atoms. The van der Waals surface area contributed by atoms with E-state index < -0.39 is 0 Å². The fourth-order valence-corrected chi connectivity index (χ4v) is 6.87. The molecule has 0 unspecified atom stereocenters. The van der Waals surface area contributed by atoms with Crippen molar-refractivity contribution in [3.63, 3.8) is 0 Å². The number of rotatable bonds is 6. The number of benzene rings is 2. The van der Waals surface area contributed by atoms with Gasteiger partial charge in [0.2, 0.25) is 5.69 Å². The molecular weight excluding hydrogens is 477 g/mol. The van der Waals surface area contributed by atoms with Gasteiger partial charge < -0.3 is 17.5 Å². The van der Waals surface area contributed by atoms with Crippen LogP contribution in [0.15, 0.2) is 82.4 Å². The second kappa shape index (κ2) is 9.08. The molecule has 0 amide bonds. The van der Waals surface area contributed by atoms with Crippen molar-refractivity contribution in [2.75, 3.05) is 18.0 Å². The van der Waals surface area contributed by atoms with Crippen LogP contribution in [0.25, 0.3) is 0 Å². The van der Waals surface area contributed by atoms with Gasteiger partial charge in [0.15, 0.2) is 5.71 Å². The van der Waals surface area contributed by atoms with E-state index in [9.17, 15) is 0 Å². The summed E-state index contributed by atoms with van der Waals surface area (Å²) in [5.41, 5.74) is 9.83. The number of nitrogens with zero attached hydrogens (tertiary/aromatic N) is 2. The van der Waals surface area contributed by atoms with Crippen molar-refractivity contribution < 1.29 is 4.58 Å². The summed E-state index contributed by atoms with van der Waals surface area (Å²) in [5.74, 6) is 0. The van der Waals surface area contributed by atoms with Gasteiger partial charge in [0, 0.05) is 52.3 Å². The van der Waals surface area contributed by atoms with Crippen LogP contribution >= 0.6 is 12.2 Å². The molecule has 2 aromatic rings. The van der Waals surface area contributed by atoms with Gasteiger partial charge >= 0.3 is 0 Å². The van der Waals surface area contributed by atoms with Crippen LogP contribution in [0.3, 0.4) is 0 Å². The second-order valence-electron chi connectivity index (χ2n) is 11.1. The molecule has 0 saturated heterocycles. The van der Waals surface area contributed by atoms with E-state index in [0.717, 1.165) is 46.8 Å². The Morgan fingerprint density at radius 3 is 2.22 bits per heavy atom. The minimum absolute atomic E-state index is 0.0920. The van der Waals surface area contributed by atoms with E-state index in [1.165, 1.54) is 33.9 Å². The standard InChI is InChI=1S/C32H36N2S2/c1-7-17-33-25-15-11-9-13-23(25)31(3,4)27(33)19-21-29(35)22(30(21)36)20-28-32(5,6)24-14-10-12-16-26(24)34(28)18-8-2/h9-16,19-20H,7-8,17-18H2,1-6H3. The summed E-state index contributed by atoms with van der Waals surface area (Å²) < 4.78 is 2.46. The van der Waals surface area contributed by atoms with Crippen molar-refractivity contribution in [3.8, 4) is 0 Å². The smallest absolute Gasteiger partial charge is 0.209 e. The van der Waals surface area contributed by atoms with E-state index in [2.05, 4.69) is 112 Å². The van der Waals surface area contributed by atoms with E-state index in [1.807, 2.05) is 0 Å². The van der Waals surface area contributed by atoms with E-state index in [0.29, 0.717) is 0 Å². The average molecular weight is 513 g/mol. The number of hydrogen-bond donors (Lipinski definition) is 0. The number of fused-ring (bicyclic) bond motifs is 2. The molecule has 0 atom stereocenters. The van der Waals surface area contributed by atoms with Crippen LogP contribution in [-0.4, -0.2) is 28.2 Å². The molecule has 0 saturated carbocycles. The lowest BCUT2D eigenvalue weighted by Crippen LogP contribution is -2.31. The maximum Gasteiger partial charge on any atom is 0.209 e. The van der Waals surface area contributed by atoms with Gasteiger partial charge in [-0.25, -0.2) is 0 Å². The lowest BCUT2D eigenvalue weighted by atomic mass is 9.78. The Labute approximate surface area is 227 Å². The number of allylic oxidation sites excluding steroid dienone is 5. The zero-order valence-corrected chi connectivity index (χ0v) is 23.9. The summed E-state index contributed by atoms with van der Waals surface area (Å²) in [5, 5.41) is 0. The lowest BCUT2D eigenvalue weighted by molar-refractivity contribution is -0.437. The highest BCUT2D eigenvalue weighted by molar-refractivity contribution is 7.82. The maximum atomic E-state index is 6.01. The van der Waals surface area contributed by atoms with Crippen molar-refractivity contribution in [2.24, 2.45) is 0 Å². The molecule has 2 aromatic carbocycles. The van der Waals surface area contributed by atoms with Crippen LogP contribution in [0.4, 0.5) is 11.4 Å². The zero-order valence-electron chi connectivity index (χ0n) is 22.3. The maximum absolute atomic E-state index is 6.01. The molecule has 2 heterocycles. The molecule has 1 aliphatic carbocycles. The molecule has 36 heavy (non-hydrogen) atoms. The van der Waals surface area contributed by atoms with Gasteiger partial charge in [0.1, 0.15) is 6.54 Å². The third kappa shape index (κ3) is 3.64. The monoisotopic (exact) mass is 512 g/mol. The van der Waals surface area contributed by atoms with Gasteiger partial charge in [-0.3, -0.25) is 0 Å². The molecule has 0 spiro atoms. The van der Waals surface area contributed by atoms with Crippen LogP contribution < -0.4 is 4.90 Å². The first-order valence-corrected chi connectivity index (χ1v) is 14.0. The summed E-state index contributed by atoms with van der Waals surface area (Å²) in [4.78, 5) is 4.25. The molecular formula is C32H36N2S2. The number of hydrogen-bond acceptors (Lipinski definition) is 3. The normalized spacial score (nSPS) is 21.9. The Morgan fingerprint density at radius 2 is 1.56 bits per heavy atom. The van der Waals surface area contributed by atoms with Gasteiger partial charge in [-0.2, -0.15) is 9.48 Å². The number of anilines is 1. The number of para-hydroxylation sites is 2. The zero-order chi connectivity index (χ0) is 25.8. The molecule has 2 aliphatic heterocycles. The molecule has 0 aromatic heterocycles. The Kier molecular flexibility index (Phi) is 6.33. The molecule has 186 valence electrons. The minimum atomic E-state index is -0.0920. The van der Waals surface area contributed by atoms with Crippen molar-refractivity contribution in [3.05, 3.63) is 93.6 Å². The van der Waals surface area contributed by atoms with Gasteiger partial charge in [0.05, 0.1) is 5.41 Å². The van der Waals surface area contributed by atoms with E-state index in [1.54, 1.807) is 0 Å². The first kappa shape index (κ1) is 25.1. The van der Waals surface area contributed by atoms with Crippen molar-refractivity contribution >= 4 is 46.8 Å². The minimum Gasteiger partial charge on any atom is -0.778 e. The predicted molar refractivity (Wildman–Crippen MR) is 160 cm³/mol. The van der Waals surface area contributed by atoms with Crippen molar-refractivity contribution in [1.82, 2.24) is 0 Å². The van der Waals surface area contributed by atoms with Crippen molar-refractivity contribution in [2.45, 2.75) is 65.2 Å². The third-order valence-corrected chi connectivity index (χ3v) is 8.91. The molecule has 2 nitrogen and oxygen atoms in total. The largest absolute Gasteiger partial charge is 0.778 e. The summed E-state index contributed by atoms with van der Waals surface area (Å²) in [7, 11) is 0. The van der Waals surface area contributed by atoms with Crippen LogP contribution in [-0.2, 0) is 23.5 Å². The van der Waals surface area contributed by atoms with E-state index in [-0.39, 0.29) is 10.8 Å². The molecule has 0 radical (unpaired) electrons. The molecule has 4 heteroatoms. The van der Waals surface area contributed by atoms with Gasteiger partial charge in [-0.1, -0.05) is 76.3 Å². The highest BCUT2D eigenvalue weighted by Gasteiger charge is 2.45. The molecule has 5 rings (SSSR count). The highest BCUT2D eigenvalue weighted by Crippen LogP contribution is 2.49. The summed E-state index contributed by atoms with van der Waals surface area (Å²) in [6.45, 7) is 15.7. The van der Waals surface area contributed by atoms with Crippen LogP contribution in [0.1, 0.15) is 65.5 Å². The topological polar surface area (TPSA) is 6.25 Å². The van der Waals surface area contributed by atoms with Crippen molar-refractivity contribution in [1.29, 1.82) is 0 Å². The Morgan fingerprint density at radius 1 is 0.889 bits per heavy atom. The molecule has 3 aliphatic rings. The highest BCUT2D eigenvalue weighted by atomic mass is 32.1. The van der Waals surface area contributed by atoms with Crippen LogP contribution in [0, 0.1) is 0 Å². The van der Waals surface area contributed by atoms with Gasteiger partial charge in [-0.15, -0.1) is 0 Å². The SMILES string of the molecule is CCCN1/C(=C/C2=C([S-])C(=C\C3=[N+](CCC)c4ccccc4C3(C)C)/C2=S)C(C)(C)c2ccccc21. The van der Waals surface area contributed by atoms with Crippen LogP contribution in [0.2, 0.25) is 0 Å². The summed E-state index contributed by atoms with van der Waals surface area (Å²) in [6, 6.07) is 17.5. The quantitative estimate of drug-likeness (QED) is 0.170. The molecule has 0 fully saturated rings. The Bertz CT molecular complexity index is 1380. The van der Waals surface area contributed by atoms with E-state index >= 15 is 0 Å². The van der Waals surface area contributed by atoms with Gasteiger partial charge in [0.25, 0.3) is 0 Å². The Hall–Kier alpha value is -2.56. The fraction of sp³-hybridized carbons (Fsp3) is 0.375. The first-order chi connectivity index (χ1) is 17.1. The Balaban J connectivity index is 1.58. The third-order valence-electron chi connectivity index (χ3n) is 8.03. The summed E-state index contributed by atoms with van der Waals surface area (Å²) >= 11 is 12.0. The fourth-order valence-electron chi connectivity index (χ4n) is 6.10.